The van der Waals surface area contributed by atoms with Crippen LogP contribution in [0.5, 0.6) is 0 Å². The monoisotopic (exact) mass is 184 g/mol. The van der Waals surface area contributed by atoms with Crippen LogP contribution in [0.2, 0.25) is 0 Å². The van der Waals surface area contributed by atoms with Gasteiger partial charge in [-0.1, -0.05) is 48.9 Å². The third-order valence-corrected chi connectivity index (χ3v) is 1.97. The zero-order chi connectivity index (χ0) is 8.81. The molecule has 0 N–H and O–H groups in total. The van der Waals surface area contributed by atoms with E-state index in [1.807, 2.05) is 18.2 Å². The molecule has 1 aromatic rings. The number of alkyl halides is 1. The van der Waals surface area contributed by atoms with E-state index in [0.717, 1.165) is 0 Å². The average molecular weight is 185 g/mol. The molecule has 0 fully saturated rings. The van der Waals surface area contributed by atoms with Crippen LogP contribution < -0.4 is 0 Å². The topological polar surface area (TPSA) is 9.23 Å². The fourth-order valence-electron chi connectivity index (χ4n) is 1.10. The molecule has 0 aliphatic carbocycles. The molecule has 0 saturated heterocycles. The zero-order valence-corrected chi connectivity index (χ0v) is 7.92. The molecule has 12 heavy (non-hydrogen) atoms. The van der Waals surface area contributed by atoms with Crippen LogP contribution in [0.3, 0.4) is 0 Å². The van der Waals surface area contributed by atoms with Crippen molar-refractivity contribution < 1.29 is 4.74 Å². The summed E-state index contributed by atoms with van der Waals surface area (Å²) >= 11 is 5.41. The minimum Gasteiger partial charge on any atom is -0.365 e. The molecular formula is C10H13ClO. The molecule has 2 heteroatoms. The first-order valence-corrected chi connectivity index (χ1v) is 4.56. The largest absolute Gasteiger partial charge is 0.365 e. The van der Waals surface area contributed by atoms with Crippen LogP contribution in [-0.4, -0.2) is 12.7 Å². The summed E-state index contributed by atoms with van der Waals surface area (Å²) in [7, 11) is 0. The number of benzene rings is 1. The molecule has 66 valence electrons. The lowest BCUT2D eigenvalue weighted by Crippen LogP contribution is -2.02. The molecule has 0 radical (unpaired) electrons. The predicted octanol–water partition coefficient (Wildman–Crippen LogP) is 3.00. The Hall–Kier alpha value is -0.530. The molecular weight excluding hydrogens is 172 g/mol. The Balaban J connectivity index is 2.48. The van der Waals surface area contributed by atoms with Crippen molar-refractivity contribution in [3.63, 3.8) is 0 Å². The summed E-state index contributed by atoms with van der Waals surface area (Å²) in [6.07, 6.45) is 0. The molecule has 0 aliphatic rings. The van der Waals surface area contributed by atoms with Crippen molar-refractivity contribution in [2.24, 2.45) is 0 Å². The predicted molar refractivity (Wildman–Crippen MR) is 51.5 cm³/mol. The van der Waals surface area contributed by atoms with Gasteiger partial charge < -0.3 is 4.74 Å². The molecule has 1 atom stereocenters. The van der Waals surface area contributed by atoms with Crippen LogP contribution in [0.1, 0.15) is 18.4 Å². The van der Waals surface area contributed by atoms with Crippen LogP contribution in [0, 0.1) is 0 Å². The van der Waals surface area contributed by atoms with Crippen molar-refractivity contribution in [1.29, 1.82) is 0 Å². The summed E-state index contributed by atoms with van der Waals surface area (Å²) < 4.78 is 5.12. The van der Waals surface area contributed by atoms with E-state index in [-0.39, 0.29) is 6.07 Å². The van der Waals surface area contributed by atoms with E-state index in [1.54, 1.807) is 0 Å². The Kier molecular flexibility index (Phi) is 4.12. The molecule has 0 bridgehead atoms. The Morgan fingerprint density at radius 3 is 2.58 bits per heavy atom. The fraction of sp³-hybridized carbons (Fsp3) is 0.400. The van der Waals surface area contributed by atoms with E-state index in [0.29, 0.717) is 12.5 Å². The lowest BCUT2D eigenvalue weighted by Gasteiger charge is -2.10. The molecule has 0 amide bonds. The van der Waals surface area contributed by atoms with Gasteiger partial charge >= 0.3 is 0 Å². The normalized spacial score (nSPS) is 12.8. The van der Waals surface area contributed by atoms with Gasteiger partial charge in [0, 0.05) is 5.92 Å². The Morgan fingerprint density at radius 1 is 1.33 bits per heavy atom. The maximum atomic E-state index is 5.41. The van der Waals surface area contributed by atoms with Crippen molar-refractivity contribution in [2.75, 3.05) is 12.7 Å². The highest BCUT2D eigenvalue weighted by molar-refractivity contribution is 6.17. The van der Waals surface area contributed by atoms with Gasteiger partial charge in [0.05, 0.1) is 6.61 Å². The minimum atomic E-state index is 0.275. The molecule has 0 heterocycles. The maximum Gasteiger partial charge on any atom is 0.120 e. The van der Waals surface area contributed by atoms with Gasteiger partial charge in [0.15, 0.2) is 0 Å². The first-order valence-electron chi connectivity index (χ1n) is 4.03. The summed E-state index contributed by atoms with van der Waals surface area (Å²) in [5.74, 6) is 0.421. The van der Waals surface area contributed by atoms with Gasteiger partial charge in [0.25, 0.3) is 0 Å². The Labute approximate surface area is 78.3 Å². The third-order valence-electron chi connectivity index (χ3n) is 1.81. The first kappa shape index (κ1) is 9.56. The van der Waals surface area contributed by atoms with Crippen molar-refractivity contribution in [2.45, 2.75) is 12.8 Å². The molecule has 0 saturated carbocycles. The number of ether oxygens (including phenoxy) is 1. The second kappa shape index (κ2) is 5.18. The van der Waals surface area contributed by atoms with E-state index in [4.69, 9.17) is 16.3 Å². The van der Waals surface area contributed by atoms with Crippen molar-refractivity contribution >= 4 is 11.6 Å². The smallest absolute Gasteiger partial charge is 0.120 e. The molecule has 1 aromatic carbocycles. The van der Waals surface area contributed by atoms with Gasteiger partial charge in [-0.3, -0.25) is 0 Å². The van der Waals surface area contributed by atoms with Gasteiger partial charge in [-0.2, -0.15) is 0 Å². The Morgan fingerprint density at radius 2 is 2.00 bits per heavy atom. The number of rotatable bonds is 4. The van der Waals surface area contributed by atoms with Crippen LogP contribution >= 0.6 is 11.6 Å². The van der Waals surface area contributed by atoms with Crippen molar-refractivity contribution in [3.05, 3.63) is 35.9 Å². The molecule has 0 aromatic heterocycles. The molecule has 1 nitrogen and oxygen atoms in total. The lowest BCUT2D eigenvalue weighted by atomic mass is 10.0. The fourth-order valence-corrected chi connectivity index (χ4v) is 1.19. The number of hydrogen-bond acceptors (Lipinski definition) is 1. The van der Waals surface area contributed by atoms with Crippen LogP contribution in [-0.2, 0) is 4.74 Å². The highest BCUT2D eigenvalue weighted by Gasteiger charge is 2.03. The minimum absolute atomic E-state index is 0.275. The van der Waals surface area contributed by atoms with Crippen LogP contribution in [0.15, 0.2) is 30.3 Å². The Bertz CT molecular complexity index is 210. The second-order valence-corrected chi connectivity index (χ2v) is 3.01. The van der Waals surface area contributed by atoms with E-state index in [9.17, 15) is 0 Å². The van der Waals surface area contributed by atoms with E-state index >= 15 is 0 Å². The van der Waals surface area contributed by atoms with Gasteiger partial charge in [-0.05, 0) is 5.56 Å². The van der Waals surface area contributed by atoms with E-state index in [1.165, 1.54) is 5.56 Å². The molecule has 0 aliphatic heterocycles. The standard InChI is InChI=1S/C10H13ClO/c1-9(7-12-8-11)10-5-3-2-4-6-10/h2-6,9H,7-8H2,1H3. The first-order chi connectivity index (χ1) is 5.84. The average Bonchev–Trinajstić information content (AvgIpc) is 2.15. The highest BCUT2D eigenvalue weighted by atomic mass is 35.5. The van der Waals surface area contributed by atoms with Gasteiger partial charge in [-0.15, -0.1) is 0 Å². The van der Waals surface area contributed by atoms with Gasteiger partial charge in [0.2, 0.25) is 0 Å². The van der Waals surface area contributed by atoms with Gasteiger partial charge in [-0.25, -0.2) is 0 Å². The summed E-state index contributed by atoms with van der Waals surface area (Å²) in [5.41, 5.74) is 1.29. The summed E-state index contributed by atoms with van der Waals surface area (Å²) in [6, 6.07) is 10.6. The number of hydrogen-bond donors (Lipinski definition) is 0. The highest BCUT2D eigenvalue weighted by Crippen LogP contribution is 2.14. The molecule has 0 spiro atoms. The quantitative estimate of drug-likeness (QED) is 0.654. The maximum absolute atomic E-state index is 5.41. The van der Waals surface area contributed by atoms with E-state index < -0.39 is 0 Å². The lowest BCUT2D eigenvalue weighted by molar-refractivity contribution is 0.166. The van der Waals surface area contributed by atoms with Crippen molar-refractivity contribution in [3.8, 4) is 0 Å². The third kappa shape index (κ3) is 2.84. The molecule has 1 unspecified atom stereocenters. The van der Waals surface area contributed by atoms with Gasteiger partial charge in [0.1, 0.15) is 6.07 Å². The molecule has 1 rings (SSSR count). The second-order valence-electron chi connectivity index (χ2n) is 2.79. The number of halogens is 1. The van der Waals surface area contributed by atoms with Crippen molar-refractivity contribution in [1.82, 2.24) is 0 Å². The summed E-state index contributed by atoms with van der Waals surface area (Å²) in [4.78, 5) is 0. The van der Waals surface area contributed by atoms with Crippen LogP contribution in [0.25, 0.3) is 0 Å². The SMILES string of the molecule is CC(COCCl)c1ccccc1. The summed E-state index contributed by atoms with van der Waals surface area (Å²) in [6.45, 7) is 2.81. The zero-order valence-electron chi connectivity index (χ0n) is 7.16. The van der Waals surface area contributed by atoms with Crippen LogP contribution in [0.4, 0.5) is 0 Å². The van der Waals surface area contributed by atoms with E-state index in [2.05, 4.69) is 19.1 Å². The summed E-state index contributed by atoms with van der Waals surface area (Å²) in [5, 5.41) is 0.